The lowest BCUT2D eigenvalue weighted by Crippen LogP contribution is -2.36. The maximum Gasteiger partial charge on any atom is 0.293 e. The van der Waals surface area contributed by atoms with Gasteiger partial charge >= 0.3 is 0 Å². The van der Waals surface area contributed by atoms with Gasteiger partial charge in [0.1, 0.15) is 5.02 Å². The van der Waals surface area contributed by atoms with E-state index in [1.165, 1.54) is 11.6 Å². The number of nitrogens with one attached hydrogen (secondary N) is 2. The number of anilines is 3. The molecule has 0 bridgehead atoms. The van der Waals surface area contributed by atoms with Crippen LogP contribution in [0.25, 0.3) is 10.9 Å². The van der Waals surface area contributed by atoms with Crippen LogP contribution in [-0.2, 0) is 11.8 Å². The molecule has 0 unspecified atom stereocenters. The van der Waals surface area contributed by atoms with Crippen LogP contribution in [0.4, 0.5) is 17.5 Å². The highest BCUT2D eigenvalue weighted by Gasteiger charge is 2.20. The Morgan fingerprint density at radius 3 is 2.79 bits per heavy atom. The predicted octanol–water partition coefficient (Wildman–Crippen LogP) is 1.81. The van der Waals surface area contributed by atoms with Crippen LogP contribution in [-0.4, -0.2) is 58.4 Å². The third kappa shape index (κ3) is 5.01. The summed E-state index contributed by atoms with van der Waals surface area (Å²) in [5.41, 5.74) is 1.08. The number of aryl methyl sites for hydroxylation is 1. The Labute approximate surface area is 195 Å². The number of pyridine rings is 1. The summed E-state index contributed by atoms with van der Waals surface area (Å²) in [6, 6.07) is 7.08. The number of hydrogen-bond acceptors (Lipinski definition) is 8. The molecule has 1 aliphatic rings. The fraction of sp³-hybridized carbons (Fsp3) is 0.364. The molecule has 174 valence electrons. The molecule has 3 aromatic rings. The Balaban J connectivity index is 1.61. The fourth-order valence-electron chi connectivity index (χ4n) is 3.65. The summed E-state index contributed by atoms with van der Waals surface area (Å²) in [6.45, 7) is 1.10. The normalized spacial score (nSPS) is 14.4. The van der Waals surface area contributed by atoms with Gasteiger partial charge in [0, 0.05) is 38.3 Å². The van der Waals surface area contributed by atoms with E-state index in [1.54, 1.807) is 19.3 Å². The van der Waals surface area contributed by atoms with Crippen molar-refractivity contribution in [2.45, 2.75) is 18.9 Å². The van der Waals surface area contributed by atoms with Gasteiger partial charge in [0.2, 0.25) is 5.95 Å². The summed E-state index contributed by atoms with van der Waals surface area (Å²) >= 11 is 6.33. The average Bonchev–Trinajstić information content (AvgIpc) is 2.82. The van der Waals surface area contributed by atoms with Crippen LogP contribution in [0.15, 0.2) is 35.3 Å². The molecule has 0 saturated carbocycles. The van der Waals surface area contributed by atoms with E-state index in [2.05, 4.69) is 20.6 Å². The van der Waals surface area contributed by atoms with E-state index in [9.17, 15) is 14.7 Å². The van der Waals surface area contributed by atoms with Crippen molar-refractivity contribution in [2.24, 2.45) is 7.05 Å². The predicted molar refractivity (Wildman–Crippen MR) is 127 cm³/mol. The van der Waals surface area contributed by atoms with Gasteiger partial charge in [-0.15, -0.1) is 0 Å². The first kappa shape index (κ1) is 22.8. The molecule has 33 heavy (non-hydrogen) atoms. The van der Waals surface area contributed by atoms with E-state index >= 15 is 0 Å². The molecule has 10 nitrogen and oxygen atoms in total. The number of carbonyl (C=O) groups is 1. The summed E-state index contributed by atoms with van der Waals surface area (Å²) in [5.74, 6) is 0.750. The number of hydrogen-bond donors (Lipinski definition) is 3. The van der Waals surface area contributed by atoms with E-state index in [1.807, 2.05) is 23.1 Å². The lowest BCUT2D eigenvalue weighted by Gasteiger charge is -2.29. The van der Waals surface area contributed by atoms with Crippen molar-refractivity contribution in [2.75, 3.05) is 37.0 Å². The molecule has 0 spiro atoms. The van der Waals surface area contributed by atoms with Crippen molar-refractivity contribution in [1.82, 2.24) is 19.9 Å². The fourth-order valence-corrected chi connectivity index (χ4v) is 3.79. The Hall–Kier alpha value is -3.37. The molecular weight excluding hydrogens is 448 g/mol. The standard InChI is InChI=1S/C22H25ClN6O4/c1-24-19(31)12-33-18-10-13-9-14(3-4-17(13)28(2)21(18)32)26-20-16(23)11-25-22(27-20)29-7-5-15(30)6-8-29/h3-4,9-11,15,30H,5-8,12H2,1-2H3,(H,24,31)(H,25,26,27). The van der Waals surface area contributed by atoms with Crippen LogP contribution >= 0.6 is 11.6 Å². The lowest BCUT2D eigenvalue weighted by molar-refractivity contribution is -0.122. The molecule has 1 aromatic carbocycles. The number of amides is 1. The minimum Gasteiger partial charge on any atom is -0.478 e. The van der Waals surface area contributed by atoms with Gasteiger partial charge in [-0.2, -0.15) is 4.98 Å². The van der Waals surface area contributed by atoms with E-state index in [-0.39, 0.29) is 29.9 Å². The summed E-state index contributed by atoms with van der Waals surface area (Å²) in [5, 5.41) is 16.5. The zero-order valence-electron chi connectivity index (χ0n) is 18.3. The number of aliphatic hydroxyl groups excluding tert-OH is 1. The molecule has 0 aliphatic carbocycles. The average molecular weight is 473 g/mol. The van der Waals surface area contributed by atoms with Crippen molar-refractivity contribution in [3.8, 4) is 5.75 Å². The first-order valence-corrected chi connectivity index (χ1v) is 10.9. The summed E-state index contributed by atoms with van der Waals surface area (Å²) in [6.07, 6.45) is 2.60. The van der Waals surface area contributed by atoms with Crippen molar-refractivity contribution in [3.05, 3.63) is 45.8 Å². The van der Waals surface area contributed by atoms with Gasteiger partial charge in [0.05, 0.1) is 17.8 Å². The largest absolute Gasteiger partial charge is 0.478 e. The number of fused-ring (bicyclic) bond motifs is 1. The van der Waals surface area contributed by atoms with Gasteiger partial charge in [-0.05, 0) is 37.1 Å². The first-order valence-electron chi connectivity index (χ1n) is 10.6. The number of piperidine rings is 1. The van der Waals surface area contributed by atoms with Crippen LogP contribution in [0.3, 0.4) is 0 Å². The minimum atomic E-state index is -0.331. The second kappa shape index (κ2) is 9.63. The van der Waals surface area contributed by atoms with Gasteiger partial charge < -0.3 is 29.9 Å². The number of rotatable bonds is 6. The number of benzene rings is 1. The number of ether oxygens (including phenoxy) is 1. The second-order valence-corrected chi connectivity index (χ2v) is 8.23. The molecule has 11 heteroatoms. The van der Waals surface area contributed by atoms with Crippen molar-refractivity contribution < 1.29 is 14.6 Å². The van der Waals surface area contributed by atoms with Crippen LogP contribution in [0.5, 0.6) is 5.75 Å². The number of halogens is 1. The van der Waals surface area contributed by atoms with Gasteiger partial charge in [-0.3, -0.25) is 9.59 Å². The summed E-state index contributed by atoms with van der Waals surface area (Å²) < 4.78 is 6.89. The van der Waals surface area contributed by atoms with Crippen LogP contribution in [0.2, 0.25) is 5.02 Å². The third-order valence-electron chi connectivity index (χ3n) is 5.57. The number of aromatic nitrogens is 3. The van der Waals surface area contributed by atoms with Crippen molar-refractivity contribution >= 4 is 45.9 Å². The number of carbonyl (C=O) groups excluding carboxylic acids is 1. The van der Waals surface area contributed by atoms with E-state index in [4.69, 9.17) is 16.3 Å². The number of nitrogens with zero attached hydrogens (tertiary/aromatic N) is 4. The number of aliphatic hydroxyl groups is 1. The van der Waals surface area contributed by atoms with E-state index in [0.717, 1.165) is 5.39 Å². The second-order valence-electron chi connectivity index (χ2n) is 7.82. The SMILES string of the molecule is CNC(=O)COc1cc2cc(Nc3nc(N4CCC(O)CC4)ncc3Cl)ccc2n(C)c1=O. The third-order valence-corrected chi connectivity index (χ3v) is 5.85. The molecule has 0 radical (unpaired) electrons. The molecule has 0 atom stereocenters. The van der Waals surface area contributed by atoms with Crippen molar-refractivity contribution in [1.29, 1.82) is 0 Å². The summed E-state index contributed by atoms with van der Waals surface area (Å²) in [4.78, 5) is 35.0. The van der Waals surface area contributed by atoms with E-state index in [0.29, 0.717) is 53.9 Å². The van der Waals surface area contributed by atoms with Crippen molar-refractivity contribution in [3.63, 3.8) is 0 Å². The van der Waals surface area contributed by atoms with Gasteiger partial charge in [0.25, 0.3) is 11.5 Å². The molecule has 3 N–H and O–H groups in total. The molecule has 2 aromatic heterocycles. The quantitative estimate of drug-likeness (QED) is 0.496. The Kier molecular flexibility index (Phi) is 6.66. The topological polar surface area (TPSA) is 122 Å². The van der Waals surface area contributed by atoms with Gasteiger partial charge in [-0.1, -0.05) is 11.6 Å². The summed E-state index contributed by atoms with van der Waals surface area (Å²) in [7, 11) is 3.15. The maximum atomic E-state index is 12.5. The lowest BCUT2D eigenvalue weighted by atomic mass is 10.1. The van der Waals surface area contributed by atoms with Gasteiger partial charge in [0.15, 0.2) is 18.2 Å². The monoisotopic (exact) mass is 472 g/mol. The highest BCUT2D eigenvalue weighted by Crippen LogP contribution is 2.28. The maximum absolute atomic E-state index is 12.5. The van der Waals surface area contributed by atoms with Crippen LogP contribution in [0.1, 0.15) is 12.8 Å². The molecule has 4 rings (SSSR count). The molecular formula is C22H25ClN6O4. The number of likely N-dealkylation sites (N-methyl/N-ethyl adjacent to an activating group) is 1. The highest BCUT2D eigenvalue weighted by atomic mass is 35.5. The zero-order chi connectivity index (χ0) is 23.5. The molecule has 1 amide bonds. The molecule has 1 saturated heterocycles. The van der Waals surface area contributed by atoms with Gasteiger partial charge in [-0.25, -0.2) is 4.98 Å². The minimum absolute atomic E-state index is 0.0837. The van der Waals surface area contributed by atoms with Crippen LogP contribution in [0, 0.1) is 0 Å². The molecule has 3 heterocycles. The Bertz CT molecular complexity index is 1240. The zero-order valence-corrected chi connectivity index (χ0v) is 19.1. The smallest absolute Gasteiger partial charge is 0.293 e. The first-order chi connectivity index (χ1) is 15.9. The Morgan fingerprint density at radius 1 is 1.30 bits per heavy atom. The van der Waals surface area contributed by atoms with Crippen LogP contribution < -0.4 is 25.8 Å². The Morgan fingerprint density at radius 2 is 2.06 bits per heavy atom. The van der Waals surface area contributed by atoms with E-state index < -0.39 is 0 Å². The molecule has 1 fully saturated rings. The highest BCUT2D eigenvalue weighted by molar-refractivity contribution is 6.32. The molecule has 1 aliphatic heterocycles.